The summed E-state index contributed by atoms with van der Waals surface area (Å²) in [6, 6.07) is 12.2. The van der Waals surface area contributed by atoms with Crippen molar-refractivity contribution in [2.45, 2.75) is 44.2 Å². The van der Waals surface area contributed by atoms with Crippen LogP contribution in [0, 0.1) is 10.1 Å². The van der Waals surface area contributed by atoms with Gasteiger partial charge in [0.05, 0.1) is 16.8 Å². The van der Waals surface area contributed by atoms with Crippen LogP contribution in [0.3, 0.4) is 0 Å². The molecule has 3 aliphatic heterocycles. The first-order chi connectivity index (χ1) is 16.6. The van der Waals surface area contributed by atoms with Crippen molar-refractivity contribution < 1.29 is 28.9 Å². The Kier molecular flexibility index (Phi) is 5.12. The van der Waals surface area contributed by atoms with Crippen LogP contribution in [0.25, 0.3) is 6.08 Å². The average molecular weight is 477 g/mol. The highest BCUT2D eigenvalue weighted by Gasteiger charge is 2.58. The highest BCUT2D eigenvalue weighted by atomic mass is 16.7. The van der Waals surface area contributed by atoms with Gasteiger partial charge in [-0.25, -0.2) is 4.79 Å². The highest BCUT2D eigenvalue weighted by molar-refractivity contribution is 6.01. The van der Waals surface area contributed by atoms with E-state index in [1.807, 2.05) is 49.1 Å². The Morgan fingerprint density at radius 3 is 2.57 bits per heavy atom. The van der Waals surface area contributed by atoms with Gasteiger partial charge in [0.15, 0.2) is 0 Å². The van der Waals surface area contributed by atoms with Gasteiger partial charge in [-0.2, -0.15) is 0 Å². The van der Waals surface area contributed by atoms with E-state index in [9.17, 15) is 24.5 Å². The molecule has 35 heavy (non-hydrogen) atoms. The monoisotopic (exact) mass is 477 g/mol. The van der Waals surface area contributed by atoms with Gasteiger partial charge in [0.2, 0.25) is 5.72 Å². The molecule has 10 heteroatoms. The predicted octanol–water partition coefficient (Wildman–Crippen LogP) is 3.49. The van der Waals surface area contributed by atoms with Crippen molar-refractivity contribution >= 4 is 35.2 Å². The van der Waals surface area contributed by atoms with E-state index >= 15 is 0 Å². The van der Waals surface area contributed by atoms with Crippen molar-refractivity contribution in [3.63, 3.8) is 0 Å². The molecule has 1 saturated heterocycles. The molecule has 3 heterocycles. The van der Waals surface area contributed by atoms with Crippen LogP contribution in [0.4, 0.5) is 11.4 Å². The lowest BCUT2D eigenvalue weighted by molar-refractivity contribution is -0.384. The lowest BCUT2D eigenvalue weighted by Crippen LogP contribution is -2.60. The quantitative estimate of drug-likeness (QED) is 0.365. The Labute approximate surface area is 200 Å². The summed E-state index contributed by atoms with van der Waals surface area (Å²) >= 11 is 0. The van der Waals surface area contributed by atoms with Gasteiger partial charge < -0.3 is 14.5 Å². The van der Waals surface area contributed by atoms with E-state index in [2.05, 4.69) is 0 Å². The number of rotatable bonds is 5. The number of nitrogens with zero attached hydrogens (tertiary/aromatic N) is 3. The number of hydroxylamine groups is 2. The van der Waals surface area contributed by atoms with Gasteiger partial charge in [0.1, 0.15) is 5.75 Å². The number of hydrogen-bond donors (Lipinski definition) is 0. The minimum Gasteiger partial charge on any atom is -0.463 e. The van der Waals surface area contributed by atoms with E-state index in [0.29, 0.717) is 16.4 Å². The number of hydrogen-bond acceptors (Lipinski definition) is 8. The molecule has 10 nitrogen and oxygen atoms in total. The molecular weight excluding hydrogens is 454 g/mol. The molecule has 0 aliphatic carbocycles. The average Bonchev–Trinajstić information content (AvgIpc) is 3.23. The normalized spacial score (nSPS) is 21.7. The zero-order valence-corrected chi connectivity index (χ0v) is 19.2. The van der Waals surface area contributed by atoms with Crippen molar-refractivity contribution in [3.05, 3.63) is 69.8 Å². The molecule has 2 aromatic carbocycles. The number of ether oxygens (including phenoxy) is 1. The first-order valence-corrected chi connectivity index (χ1v) is 11.2. The summed E-state index contributed by atoms with van der Waals surface area (Å²) in [6.45, 7) is 4.25. The SMILES string of the molecule is CC1(C)c2ccccc2N(CCC(=O)ON2C(=O)CCC2=O)C12C=Cc1cc([N+](=O)[O-])ccc1O2. The second-order valence-corrected chi connectivity index (χ2v) is 9.20. The summed E-state index contributed by atoms with van der Waals surface area (Å²) in [6.07, 6.45) is 3.61. The van der Waals surface area contributed by atoms with Crippen LogP contribution in [-0.2, 0) is 24.6 Å². The minimum atomic E-state index is -1.03. The highest BCUT2D eigenvalue weighted by Crippen LogP contribution is 2.55. The van der Waals surface area contributed by atoms with E-state index in [0.717, 1.165) is 11.3 Å². The van der Waals surface area contributed by atoms with Gasteiger partial charge in [-0.1, -0.05) is 18.2 Å². The fraction of sp³-hybridized carbons (Fsp3) is 0.320. The van der Waals surface area contributed by atoms with E-state index in [1.54, 1.807) is 12.1 Å². The van der Waals surface area contributed by atoms with Gasteiger partial charge >= 0.3 is 5.97 Å². The zero-order valence-electron chi connectivity index (χ0n) is 19.2. The topological polar surface area (TPSA) is 119 Å². The molecule has 180 valence electrons. The maximum absolute atomic E-state index is 12.6. The molecule has 5 rings (SSSR count). The van der Waals surface area contributed by atoms with Gasteiger partial charge in [-0.15, -0.1) is 5.06 Å². The molecule has 0 radical (unpaired) electrons. The van der Waals surface area contributed by atoms with Crippen LogP contribution in [0.1, 0.15) is 44.2 Å². The fourth-order valence-electron chi connectivity index (χ4n) is 5.00. The van der Waals surface area contributed by atoms with Crippen LogP contribution in [0.5, 0.6) is 5.75 Å². The predicted molar refractivity (Wildman–Crippen MR) is 124 cm³/mol. The summed E-state index contributed by atoms with van der Waals surface area (Å²) < 4.78 is 6.57. The van der Waals surface area contributed by atoms with Gasteiger partial charge in [-0.3, -0.25) is 19.7 Å². The fourth-order valence-corrected chi connectivity index (χ4v) is 5.00. The molecule has 0 bridgehead atoms. The molecule has 1 fully saturated rings. The van der Waals surface area contributed by atoms with E-state index < -0.39 is 33.8 Å². The number of fused-ring (bicyclic) bond motifs is 2. The molecule has 1 atom stereocenters. The minimum absolute atomic E-state index is 0.0269. The second kappa shape index (κ2) is 7.93. The molecule has 0 saturated carbocycles. The molecule has 2 aromatic rings. The number of nitro benzene ring substituents is 1. The van der Waals surface area contributed by atoms with Crippen LogP contribution in [0.2, 0.25) is 0 Å². The first kappa shape index (κ1) is 22.6. The summed E-state index contributed by atoms with van der Waals surface area (Å²) in [7, 11) is 0. The Hall–Kier alpha value is -4.21. The van der Waals surface area contributed by atoms with Crippen LogP contribution in [-0.4, -0.2) is 40.0 Å². The number of para-hydroxylation sites is 1. The summed E-state index contributed by atoms with van der Waals surface area (Å²) in [5.74, 6) is -1.28. The molecule has 1 spiro atoms. The number of anilines is 1. The standard InChI is InChI=1S/C25H23N3O7/c1-24(2)18-5-3-4-6-19(18)26(14-12-23(31)35-27-21(29)9-10-22(27)30)25(24)13-11-16-15-17(28(32)33)7-8-20(16)34-25/h3-8,11,13,15H,9-10,12,14H2,1-2H3. The van der Waals surface area contributed by atoms with E-state index in [1.165, 1.54) is 12.1 Å². The van der Waals surface area contributed by atoms with Crippen LogP contribution in [0.15, 0.2) is 48.5 Å². The van der Waals surface area contributed by atoms with Crippen LogP contribution >= 0.6 is 0 Å². The maximum atomic E-state index is 12.6. The van der Waals surface area contributed by atoms with Gasteiger partial charge in [0.25, 0.3) is 17.5 Å². The zero-order chi connectivity index (χ0) is 25.0. The second-order valence-electron chi connectivity index (χ2n) is 9.20. The van der Waals surface area contributed by atoms with E-state index in [4.69, 9.17) is 9.57 Å². The number of benzene rings is 2. The van der Waals surface area contributed by atoms with Gasteiger partial charge in [0, 0.05) is 42.8 Å². The summed E-state index contributed by atoms with van der Waals surface area (Å²) in [5.41, 5.74) is 0.834. The molecule has 2 amide bonds. The first-order valence-electron chi connectivity index (χ1n) is 11.2. The number of carbonyl (C=O) groups is 3. The van der Waals surface area contributed by atoms with Crippen LogP contribution < -0.4 is 9.64 Å². The molecular formula is C25H23N3O7. The van der Waals surface area contributed by atoms with E-state index in [-0.39, 0.29) is 31.5 Å². The largest absolute Gasteiger partial charge is 0.463 e. The lowest BCUT2D eigenvalue weighted by atomic mass is 9.76. The Balaban J connectivity index is 1.46. The Bertz CT molecular complexity index is 1290. The van der Waals surface area contributed by atoms with Crippen molar-refractivity contribution in [2.75, 3.05) is 11.4 Å². The Morgan fingerprint density at radius 2 is 1.86 bits per heavy atom. The smallest absolute Gasteiger partial charge is 0.334 e. The summed E-state index contributed by atoms with van der Waals surface area (Å²) in [5, 5.41) is 11.7. The van der Waals surface area contributed by atoms with Crippen molar-refractivity contribution in [1.82, 2.24) is 5.06 Å². The third-order valence-corrected chi connectivity index (χ3v) is 6.86. The maximum Gasteiger partial charge on any atom is 0.334 e. The number of carbonyl (C=O) groups excluding carboxylic acids is 3. The number of amides is 2. The third kappa shape index (κ3) is 3.44. The van der Waals surface area contributed by atoms with Crippen molar-refractivity contribution in [1.29, 1.82) is 0 Å². The third-order valence-electron chi connectivity index (χ3n) is 6.86. The number of non-ortho nitro benzene ring substituents is 1. The number of imide groups is 1. The Morgan fingerprint density at radius 1 is 1.14 bits per heavy atom. The lowest BCUT2D eigenvalue weighted by Gasteiger charge is -2.47. The van der Waals surface area contributed by atoms with Crippen molar-refractivity contribution in [2.24, 2.45) is 0 Å². The molecule has 0 aromatic heterocycles. The van der Waals surface area contributed by atoms with Crippen molar-refractivity contribution in [3.8, 4) is 5.75 Å². The van der Waals surface area contributed by atoms with Gasteiger partial charge in [-0.05, 0) is 43.7 Å². The molecule has 0 N–H and O–H groups in total. The summed E-state index contributed by atoms with van der Waals surface area (Å²) in [4.78, 5) is 53.9. The number of nitro groups is 1. The molecule has 1 unspecified atom stereocenters. The molecule has 3 aliphatic rings.